The van der Waals surface area contributed by atoms with Crippen molar-refractivity contribution in [2.24, 2.45) is 5.16 Å². The van der Waals surface area contributed by atoms with Crippen LogP contribution < -0.4 is 15.6 Å². The second-order valence-corrected chi connectivity index (χ2v) is 9.99. The number of rotatable bonds is 8. The van der Waals surface area contributed by atoms with Gasteiger partial charge < -0.3 is 21.0 Å². The van der Waals surface area contributed by atoms with E-state index in [-0.39, 0.29) is 28.8 Å². The number of nitrogen functional groups attached to an aromatic ring is 1. The number of carbonyl (C=O) groups excluding carboxylic acids is 2. The Morgan fingerprint density at radius 3 is 2.78 bits per heavy atom. The van der Waals surface area contributed by atoms with Gasteiger partial charge in [0, 0.05) is 41.2 Å². The predicted molar refractivity (Wildman–Crippen MR) is 134 cm³/mol. The van der Waals surface area contributed by atoms with E-state index < -0.39 is 29.2 Å². The number of thioether (sulfide) groups is 1. The van der Waals surface area contributed by atoms with Crippen LogP contribution in [0.3, 0.4) is 0 Å². The lowest BCUT2D eigenvalue weighted by Crippen LogP contribution is -2.71. The Bertz CT molecular complexity index is 1420. The zero-order valence-corrected chi connectivity index (χ0v) is 21.0. The van der Waals surface area contributed by atoms with E-state index in [2.05, 4.69) is 20.6 Å². The molecule has 37 heavy (non-hydrogen) atoms. The van der Waals surface area contributed by atoms with Crippen LogP contribution in [0.2, 0.25) is 0 Å². The van der Waals surface area contributed by atoms with Gasteiger partial charge in [0.2, 0.25) is 0 Å². The molecule has 4 N–H and O–H groups in total. The largest absolute Gasteiger partial charge is 0.477 e. The fraction of sp³-hybridized carbons (Fsp3) is 0.227. The normalized spacial score (nSPS) is 19.3. The van der Waals surface area contributed by atoms with E-state index in [1.54, 1.807) is 16.3 Å². The molecular weight excluding hydrogens is 520 g/mol. The molecule has 3 aromatic rings. The molecule has 1 saturated heterocycles. The quantitative estimate of drug-likeness (QED) is 0.154. The number of thiazole rings is 1. The number of aromatic nitrogens is 4. The molecule has 15 heteroatoms. The van der Waals surface area contributed by atoms with E-state index in [0.717, 1.165) is 17.0 Å². The van der Waals surface area contributed by atoms with Crippen LogP contribution in [-0.4, -0.2) is 72.5 Å². The molecule has 5 rings (SSSR count). The van der Waals surface area contributed by atoms with Gasteiger partial charge in [-0.2, -0.15) is 5.10 Å². The average Bonchev–Trinajstić information content (AvgIpc) is 3.58. The number of hydrogen-bond acceptors (Lipinski definition) is 10. The van der Waals surface area contributed by atoms with Gasteiger partial charge in [-0.25, -0.2) is 19.0 Å². The molecule has 0 radical (unpaired) electrons. The SMILES string of the molecule is CON=C(C(=O)N[C@@H]1C(=O)N2C(C(=O)O)=C(C[n+]3ccc(-n4cccn4)cc3)CS[C@@H]12)c1csc(N)n1. The van der Waals surface area contributed by atoms with Crippen molar-refractivity contribution >= 4 is 51.7 Å². The molecule has 2 amide bonds. The number of oxime groups is 1. The maximum Gasteiger partial charge on any atom is 0.352 e. The Morgan fingerprint density at radius 2 is 2.16 bits per heavy atom. The van der Waals surface area contributed by atoms with Crippen LogP contribution in [0.25, 0.3) is 5.69 Å². The van der Waals surface area contributed by atoms with Crippen LogP contribution >= 0.6 is 23.1 Å². The summed E-state index contributed by atoms with van der Waals surface area (Å²) in [5.74, 6) is -2.02. The molecule has 0 spiro atoms. The van der Waals surface area contributed by atoms with E-state index in [4.69, 9.17) is 10.6 Å². The minimum atomic E-state index is -1.20. The van der Waals surface area contributed by atoms with Crippen LogP contribution in [0.5, 0.6) is 0 Å². The number of nitrogens with one attached hydrogen (secondary N) is 1. The Hall–Kier alpha value is -4.24. The smallest absolute Gasteiger partial charge is 0.352 e. The number of nitrogens with zero attached hydrogens (tertiary/aromatic N) is 6. The highest BCUT2D eigenvalue weighted by molar-refractivity contribution is 8.00. The van der Waals surface area contributed by atoms with Crippen molar-refractivity contribution in [3.63, 3.8) is 0 Å². The van der Waals surface area contributed by atoms with Crippen molar-refractivity contribution in [1.82, 2.24) is 25.0 Å². The number of β-lactam (4-membered cyclic amide) rings is 1. The highest BCUT2D eigenvalue weighted by Crippen LogP contribution is 2.40. The number of carboxylic acid groups (broad SMARTS) is 1. The summed E-state index contributed by atoms with van der Waals surface area (Å²) in [6.45, 7) is 0.289. The van der Waals surface area contributed by atoms with Crippen molar-refractivity contribution < 1.29 is 28.9 Å². The van der Waals surface area contributed by atoms with Crippen LogP contribution in [0, 0.1) is 0 Å². The van der Waals surface area contributed by atoms with Gasteiger partial charge in [0.25, 0.3) is 11.8 Å². The summed E-state index contributed by atoms with van der Waals surface area (Å²) in [5.41, 5.74) is 7.11. The Balaban J connectivity index is 1.32. The van der Waals surface area contributed by atoms with Crippen molar-refractivity contribution in [3.8, 4) is 5.69 Å². The second kappa shape index (κ2) is 10.0. The van der Waals surface area contributed by atoms with E-state index in [1.807, 2.05) is 41.4 Å². The molecule has 190 valence electrons. The summed E-state index contributed by atoms with van der Waals surface area (Å²) >= 11 is 2.51. The summed E-state index contributed by atoms with van der Waals surface area (Å²) in [7, 11) is 1.28. The molecule has 3 aromatic heterocycles. The number of anilines is 1. The molecule has 0 aromatic carbocycles. The number of carbonyl (C=O) groups is 3. The van der Waals surface area contributed by atoms with Gasteiger partial charge in [0.1, 0.15) is 29.9 Å². The van der Waals surface area contributed by atoms with Gasteiger partial charge in [-0.1, -0.05) is 5.16 Å². The maximum atomic E-state index is 13.0. The number of amides is 2. The lowest BCUT2D eigenvalue weighted by molar-refractivity contribution is -0.689. The molecular formula is C22H21N8O5S2+. The summed E-state index contributed by atoms with van der Waals surface area (Å²) < 4.78 is 3.55. The summed E-state index contributed by atoms with van der Waals surface area (Å²) in [5, 5.41) is 21.7. The number of hydrogen-bond donors (Lipinski definition) is 3. The molecule has 2 atom stereocenters. The summed E-state index contributed by atoms with van der Waals surface area (Å²) in [6, 6.07) is 4.62. The minimum absolute atomic E-state index is 0.0686. The molecule has 0 saturated carbocycles. The van der Waals surface area contributed by atoms with E-state index in [1.165, 1.54) is 23.8 Å². The summed E-state index contributed by atoms with van der Waals surface area (Å²) in [4.78, 5) is 48.1. The average molecular weight is 542 g/mol. The number of carboxylic acids is 1. The number of fused-ring (bicyclic) bond motifs is 1. The van der Waals surface area contributed by atoms with Crippen LogP contribution in [0.1, 0.15) is 5.69 Å². The van der Waals surface area contributed by atoms with Crippen LogP contribution in [0.15, 0.2) is 64.8 Å². The third kappa shape index (κ3) is 4.65. The molecule has 1 fully saturated rings. The zero-order valence-electron chi connectivity index (χ0n) is 19.3. The van der Waals surface area contributed by atoms with Gasteiger partial charge in [0.05, 0.1) is 5.69 Å². The molecule has 2 aliphatic heterocycles. The first kappa shape index (κ1) is 24.5. The zero-order chi connectivity index (χ0) is 26.1. The van der Waals surface area contributed by atoms with Crippen molar-refractivity contribution in [3.05, 3.63) is 65.3 Å². The Morgan fingerprint density at radius 1 is 1.38 bits per heavy atom. The molecule has 2 aliphatic rings. The predicted octanol–water partition coefficient (Wildman–Crippen LogP) is -0.0122. The monoisotopic (exact) mass is 541 g/mol. The molecule has 0 unspecified atom stereocenters. The van der Waals surface area contributed by atoms with Crippen molar-refractivity contribution in [2.75, 3.05) is 18.6 Å². The highest BCUT2D eigenvalue weighted by Gasteiger charge is 2.54. The van der Waals surface area contributed by atoms with Crippen LogP contribution in [-0.2, 0) is 25.8 Å². The van der Waals surface area contributed by atoms with E-state index in [9.17, 15) is 19.5 Å². The third-order valence-corrected chi connectivity index (χ3v) is 7.73. The lowest BCUT2D eigenvalue weighted by atomic mass is 10.0. The number of pyridine rings is 1. The van der Waals surface area contributed by atoms with Gasteiger partial charge in [-0.15, -0.1) is 23.1 Å². The van der Waals surface area contributed by atoms with E-state index >= 15 is 0 Å². The van der Waals surface area contributed by atoms with E-state index in [0.29, 0.717) is 11.3 Å². The third-order valence-electron chi connectivity index (χ3n) is 5.71. The minimum Gasteiger partial charge on any atom is -0.477 e. The fourth-order valence-corrected chi connectivity index (χ4v) is 5.94. The Kier molecular flexibility index (Phi) is 6.62. The van der Waals surface area contributed by atoms with Gasteiger partial charge in [0.15, 0.2) is 29.8 Å². The fourth-order valence-electron chi connectivity index (χ4n) is 4.06. The standard InChI is InChI=1S/C22H20N8O5S2/c1-35-27-15(14-11-37-22(23)25-14)18(31)26-16-19(32)30-17(21(33)34)12(10-36-20(16)30)9-28-7-3-13(4-8-28)29-6-2-5-24-29/h2-8,11,16,20H,9-10H2,1H3,(H3-,23,25,26,31,33,34)/p+1/t16-,20+/m1/s1. The molecule has 13 nitrogen and oxygen atoms in total. The number of aliphatic carboxylic acids is 1. The van der Waals surface area contributed by atoms with Crippen molar-refractivity contribution in [1.29, 1.82) is 0 Å². The topological polar surface area (TPSA) is 169 Å². The maximum absolute atomic E-state index is 13.0. The van der Waals surface area contributed by atoms with Crippen molar-refractivity contribution in [2.45, 2.75) is 18.0 Å². The number of nitrogens with two attached hydrogens (primary N) is 1. The first-order valence-corrected chi connectivity index (χ1v) is 12.8. The second-order valence-electron chi connectivity index (χ2n) is 7.99. The van der Waals surface area contributed by atoms with Crippen LogP contribution in [0.4, 0.5) is 5.13 Å². The highest BCUT2D eigenvalue weighted by atomic mass is 32.2. The van der Waals surface area contributed by atoms with Gasteiger partial charge >= 0.3 is 5.97 Å². The summed E-state index contributed by atoms with van der Waals surface area (Å²) in [6.07, 6.45) is 7.15. The lowest BCUT2D eigenvalue weighted by Gasteiger charge is -2.49. The van der Waals surface area contributed by atoms with Gasteiger partial charge in [-0.05, 0) is 6.07 Å². The van der Waals surface area contributed by atoms with Gasteiger partial charge in [-0.3, -0.25) is 14.5 Å². The molecule has 0 bridgehead atoms. The first-order chi connectivity index (χ1) is 17.9. The Labute approximate surface area is 218 Å². The molecule has 0 aliphatic carbocycles. The molecule has 5 heterocycles. The first-order valence-electron chi connectivity index (χ1n) is 10.9.